The molecule has 1 aromatic rings. The van der Waals surface area contributed by atoms with Crippen LogP contribution in [0.2, 0.25) is 4.34 Å². The molecule has 1 aromatic heterocycles. The largest absolute Gasteiger partial charge is 0.481 e. The summed E-state index contributed by atoms with van der Waals surface area (Å²) in [5.74, 6) is -1.06. The molecule has 0 aromatic carbocycles. The molecule has 0 aliphatic rings. The van der Waals surface area contributed by atoms with Crippen LogP contribution in [0, 0.1) is 0 Å². The lowest BCUT2D eigenvalue weighted by Crippen LogP contribution is -2.33. The molecule has 0 aliphatic carbocycles. The lowest BCUT2D eigenvalue weighted by atomic mass is 10.3. The van der Waals surface area contributed by atoms with Crippen LogP contribution >= 0.6 is 22.9 Å². The quantitative estimate of drug-likeness (QED) is 0.859. The minimum atomic E-state index is -3.66. The first kappa shape index (κ1) is 13.4. The Balaban J connectivity index is 2.76. The summed E-state index contributed by atoms with van der Waals surface area (Å²) in [7, 11) is -3.66. The second-order valence-corrected chi connectivity index (χ2v) is 6.83. The molecular weight excluding hydrogens is 274 g/mol. The van der Waals surface area contributed by atoms with E-state index < -0.39 is 22.0 Å². The van der Waals surface area contributed by atoms with Crippen molar-refractivity contribution in [3.05, 3.63) is 16.5 Å². The van der Waals surface area contributed by atoms with Crippen LogP contribution in [-0.4, -0.2) is 25.5 Å². The number of halogens is 1. The highest BCUT2D eigenvalue weighted by atomic mass is 35.5. The van der Waals surface area contributed by atoms with Gasteiger partial charge in [-0.05, 0) is 19.1 Å². The predicted molar refractivity (Wildman–Crippen MR) is 61.4 cm³/mol. The van der Waals surface area contributed by atoms with Crippen molar-refractivity contribution in [2.24, 2.45) is 0 Å². The van der Waals surface area contributed by atoms with Crippen LogP contribution in [0.1, 0.15) is 13.3 Å². The van der Waals surface area contributed by atoms with Gasteiger partial charge in [0.05, 0.1) is 10.8 Å². The zero-order valence-corrected chi connectivity index (χ0v) is 10.7. The van der Waals surface area contributed by atoms with E-state index in [-0.39, 0.29) is 10.6 Å². The van der Waals surface area contributed by atoms with Crippen molar-refractivity contribution >= 4 is 38.9 Å². The standard InChI is InChI=1S/C8H10ClNO4S2/c1-5(4-7(11)12)10-16(13,14)8-3-2-6(9)15-8/h2-3,5,10H,4H2,1H3,(H,11,12). The van der Waals surface area contributed by atoms with Gasteiger partial charge in [-0.2, -0.15) is 0 Å². The van der Waals surface area contributed by atoms with Gasteiger partial charge in [0, 0.05) is 6.04 Å². The topological polar surface area (TPSA) is 83.5 Å². The zero-order valence-electron chi connectivity index (χ0n) is 8.31. The summed E-state index contributed by atoms with van der Waals surface area (Å²) in [6.07, 6.45) is -0.266. The van der Waals surface area contributed by atoms with Gasteiger partial charge in [-0.15, -0.1) is 11.3 Å². The molecule has 90 valence electrons. The highest BCUT2D eigenvalue weighted by Crippen LogP contribution is 2.25. The van der Waals surface area contributed by atoms with Crippen molar-refractivity contribution in [2.45, 2.75) is 23.6 Å². The predicted octanol–water partition coefficient (Wildman–Crippen LogP) is 1.54. The van der Waals surface area contributed by atoms with Crippen LogP contribution in [0.5, 0.6) is 0 Å². The summed E-state index contributed by atoms with van der Waals surface area (Å²) < 4.78 is 26.1. The van der Waals surface area contributed by atoms with Crippen molar-refractivity contribution in [2.75, 3.05) is 0 Å². The van der Waals surface area contributed by atoms with E-state index in [1.54, 1.807) is 0 Å². The number of hydrogen-bond donors (Lipinski definition) is 2. The molecule has 0 aliphatic heterocycles. The van der Waals surface area contributed by atoms with Crippen LogP contribution < -0.4 is 4.72 Å². The van der Waals surface area contributed by atoms with Crippen LogP contribution in [-0.2, 0) is 14.8 Å². The van der Waals surface area contributed by atoms with E-state index in [0.717, 1.165) is 11.3 Å². The van der Waals surface area contributed by atoms with Crippen molar-refractivity contribution in [3.63, 3.8) is 0 Å². The van der Waals surface area contributed by atoms with Crippen molar-refractivity contribution in [1.29, 1.82) is 0 Å². The summed E-state index contributed by atoms with van der Waals surface area (Å²) in [6.45, 7) is 1.49. The third kappa shape index (κ3) is 3.75. The van der Waals surface area contributed by atoms with E-state index in [0.29, 0.717) is 4.34 Å². The molecule has 0 fully saturated rings. The maximum atomic E-state index is 11.7. The van der Waals surface area contributed by atoms with Crippen molar-refractivity contribution in [3.8, 4) is 0 Å². The Bertz CT molecular complexity index is 482. The fourth-order valence-corrected chi connectivity index (χ4v) is 3.81. The third-order valence-electron chi connectivity index (χ3n) is 1.65. The molecule has 1 atom stereocenters. The van der Waals surface area contributed by atoms with Crippen LogP contribution in [0.4, 0.5) is 0 Å². The van der Waals surface area contributed by atoms with Crippen molar-refractivity contribution < 1.29 is 18.3 Å². The second kappa shape index (κ2) is 5.13. The number of hydrogen-bond acceptors (Lipinski definition) is 4. The van der Waals surface area contributed by atoms with E-state index >= 15 is 0 Å². The van der Waals surface area contributed by atoms with E-state index in [1.165, 1.54) is 19.1 Å². The fourth-order valence-electron chi connectivity index (χ4n) is 1.07. The molecule has 0 saturated carbocycles. The number of carboxylic acid groups (broad SMARTS) is 1. The molecule has 0 amide bonds. The molecular formula is C8H10ClNO4S2. The Hall–Kier alpha value is -0.630. The average Bonchev–Trinajstić information content (AvgIpc) is 2.49. The number of nitrogens with one attached hydrogen (secondary N) is 1. The average molecular weight is 284 g/mol. The Kier molecular flexibility index (Phi) is 4.31. The second-order valence-electron chi connectivity index (χ2n) is 3.18. The molecule has 1 heterocycles. The Morgan fingerprint density at radius 3 is 2.69 bits per heavy atom. The Morgan fingerprint density at radius 1 is 1.62 bits per heavy atom. The normalized spacial score (nSPS) is 13.6. The van der Waals surface area contributed by atoms with E-state index in [9.17, 15) is 13.2 Å². The molecule has 16 heavy (non-hydrogen) atoms. The first-order chi connectivity index (χ1) is 7.31. The van der Waals surface area contributed by atoms with Gasteiger partial charge in [-0.3, -0.25) is 4.79 Å². The summed E-state index contributed by atoms with van der Waals surface area (Å²) >= 11 is 6.54. The molecule has 8 heteroatoms. The van der Waals surface area contributed by atoms with Crippen LogP contribution in [0.15, 0.2) is 16.3 Å². The van der Waals surface area contributed by atoms with E-state index in [1.807, 2.05) is 0 Å². The van der Waals surface area contributed by atoms with Gasteiger partial charge in [0.2, 0.25) is 10.0 Å². The molecule has 0 bridgehead atoms. The summed E-state index contributed by atoms with van der Waals surface area (Å²) in [5, 5.41) is 8.50. The van der Waals surface area contributed by atoms with Gasteiger partial charge in [-0.1, -0.05) is 11.6 Å². The summed E-state index contributed by atoms with van der Waals surface area (Å²) in [5.41, 5.74) is 0. The van der Waals surface area contributed by atoms with Crippen LogP contribution in [0.25, 0.3) is 0 Å². The SMILES string of the molecule is CC(CC(=O)O)NS(=O)(=O)c1ccc(Cl)s1. The zero-order chi connectivity index (χ0) is 12.3. The highest BCUT2D eigenvalue weighted by molar-refractivity contribution is 7.91. The van der Waals surface area contributed by atoms with E-state index in [4.69, 9.17) is 16.7 Å². The molecule has 1 rings (SSSR count). The number of carboxylic acids is 1. The van der Waals surface area contributed by atoms with Gasteiger partial charge in [0.15, 0.2) is 0 Å². The maximum Gasteiger partial charge on any atom is 0.304 e. The minimum Gasteiger partial charge on any atom is -0.481 e. The molecule has 1 unspecified atom stereocenters. The molecule has 2 N–H and O–H groups in total. The van der Waals surface area contributed by atoms with Gasteiger partial charge < -0.3 is 5.11 Å². The first-order valence-electron chi connectivity index (χ1n) is 4.31. The minimum absolute atomic E-state index is 0.0785. The van der Waals surface area contributed by atoms with Gasteiger partial charge in [0.1, 0.15) is 4.21 Å². The molecule has 0 spiro atoms. The number of rotatable bonds is 5. The van der Waals surface area contributed by atoms with Gasteiger partial charge in [-0.25, -0.2) is 13.1 Å². The molecule has 0 radical (unpaired) electrons. The summed E-state index contributed by atoms with van der Waals surface area (Å²) in [4.78, 5) is 10.4. The number of carbonyl (C=O) groups is 1. The Morgan fingerprint density at radius 2 is 2.25 bits per heavy atom. The van der Waals surface area contributed by atoms with Crippen molar-refractivity contribution in [1.82, 2.24) is 4.72 Å². The number of aliphatic carboxylic acids is 1. The van der Waals surface area contributed by atoms with E-state index in [2.05, 4.69) is 4.72 Å². The fraction of sp³-hybridized carbons (Fsp3) is 0.375. The highest BCUT2D eigenvalue weighted by Gasteiger charge is 2.20. The number of sulfonamides is 1. The van der Waals surface area contributed by atoms with Gasteiger partial charge >= 0.3 is 5.97 Å². The Labute approximate surface area is 102 Å². The smallest absolute Gasteiger partial charge is 0.304 e. The first-order valence-corrected chi connectivity index (χ1v) is 6.98. The van der Waals surface area contributed by atoms with Crippen LogP contribution in [0.3, 0.4) is 0 Å². The summed E-state index contributed by atoms with van der Waals surface area (Å²) in [6, 6.07) is 2.19. The number of thiophene rings is 1. The molecule has 5 nitrogen and oxygen atoms in total. The lowest BCUT2D eigenvalue weighted by Gasteiger charge is -2.10. The lowest BCUT2D eigenvalue weighted by molar-refractivity contribution is -0.137. The maximum absolute atomic E-state index is 11.7. The third-order valence-corrected chi connectivity index (χ3v) is 4.96. The van der Waals surface area contributed by atoms with Gasteiger partial charge in [0.25, 0.3) is 0 Å². The molecule has 0 saturated heterocycles. The monoisotopic (exact) mass is 283 g/mol.